The zero-order valence-corrected chi connectivity index (χ0v) is 9.43. The van der Waals surface area contributed by atoms with Crippen LogP contribution in [0.5, 0.6) is 0 Å². The van der Waals surface area contributed by atoms with Crippen LogP contribution in [0.25, 0.3) is 5.82 Å². The van der Waals surface area contributed by atoms with E-state index in [0.717, 1.165) is 11.4 Å². The molecule has 0 radical (unpaired) electrons. The summed E-state index contributed by atoms with van der Waals surface area (Å²) in [6.07, 6.45) is 3.05. The second-order valence-corrected chi connectivity index (χ2v) is 3.63. The Balaban J connectivity index is 2.53. The van der Waals surface area contributed by atoms with Crippen molar-refractivity contribution in [2.45, 2.75) is 20.8 Å². The fourth-order valence-corrected chi connectivity index (χ4v) is 1.54. The Hall–Kier alpha value is -2.04. The molecule has 0 spiro atoms. The van der Waals surface area contributed by atoms with Crippen molar-refractivity contribution in [1.29, 1.82) is 0 Å². The van der Waals surface area contributed by atoms with E-state index in [-0.39, 0.29) is 5.78 Å². The quantitative estimate of drug-likeness (QED) is 0.713. The number of hydrogen-bond donors (Lipinski definition) is 0. The third kappa shape index (κ3) is 1.71. The number of aromatic nitrogens is 4. The molecule has 16 heavy (non-hydrogen) atoms. The number of nitrogens with zero attached hydrogens (tertiary/aromatic N) is 4. The van der Waals surface area contributed by atoms with Crippen LogP contribution in [0, 0.1) is 13.8 Å². The predicted molar refractivity (Wildman–Crippen MR) is 58.6 cm³/mol. The molecule has 5 nitrogen and oxygen atoms in total. The molecule has 0 fully saturated rings. The molecule has 0 atom stereocenters. The minimum Gasteiger partial charge on any atom is -0.294 e. The van der Waals surface area contributed by atoms with E-state index in [1.54, 1.807) is 10.9 Å². The third-order valence-electron chi connectivity index (χ3n) is 2.40. The van der Waals surface area contributed by atoms with Crippen molar-refractivity contribution in [3.8, 4) is 5.82 Å². The summed E-state index contributed by atoms with van der Waals surface area (Å²) in [4.78, 5) is 19.4. The number of Topliss-reactive ketones (excluding diaryl/α,β-unsaturated/α-hetero) is 1. The fraction of sp³-hybridized carbons (Fsp3) is 0.273. The van der Waals surface area contributed by atoms with E-state index in [0.29, 0.717) is 11.4 Å². The highest BCUT2D eigenvalue weighted by atomic mass is 16.1. The van der Waals surface area contributed by atoms with Crippen molar-refractivity contribution < 1.29 is 4.79 Å². The molecule has 0 saturated heterocycles. The van der Waals surface area contributed by atoms with Crippen LogP contribution in [-0.4, -0.2) is 25.5 Å². The molecule has 0 aliphatic heterocycles. The highest BCUT2D eigenvalue weighted by molar-refractivity contribution is 5.94. The molecule has 2 heterocycles. The minimum absolute atomic E-state index is 0.00882. The lowest BCUT2D eigenvalue weighted by Gasteiger charge is -2.03. The zero-order valence-electron chi connectivity index (χ0n) is 9.43. The van der Waals surface area contributed by atoms with Gasteiger partial charge in [-0.15, -0.1) is 0 Å². The van der Waals surface area contributed by atoms with Gasteiger partial charge in [-0.25, -0.2) is 14.6 Å². The van der Waals surface area contributed by atoms with Crippen LogP contribution in [0.2, 0.25) is 0 Å². The van der Waals surface area contributed by atoms with Crippen LogP contribution in [-0.2, 0) is 0 Å². The highest BCUT2D eigenvalue weighted by Crippen LogP contribution is 2.12. The van der Waals surface area contributed by atoms with Gasteiger partial charge in [-0.1, -0.05) is 0 Å². The smallest absolute Gasteiger partial charge is 0.163 e. The maximum atomic E-state index is 11.3. The van der Waals surface area contributed by atoms with Gasteiger partial charge < -0.3 is 0 Å². The number of ketones is 1. The van der Waals surface area contributed by atoms with E-state index in [2.05, 4.69) is 15.1 Å². The van der Waals surface area contributed by atoms with Crippen molar-refractivity contribution in [2.24, 2.45) is 0 Å². The van der Waals surface area contributed by atoms with Gasteiger partial charge in [-0.2, -0.15) is 5.10 Å². The number of carbonyl (C=O) groups excluding carboxylic acids is 1. The average Bonchev–Trinajstić information content (AvgIpc) is 2.60. The third-order valence-corrected chi connectivity index (χ3v) is 2.40. The standard InChI is InChI=1S/C11H12N4O/c1-7-4-11(13-6-12-7)15-8(2)10(5-14-15)9(3)16/h4-6H,1-3H3. The first-order valence-electron chi connectivity index (χ1n) is 4.94. The van der Waals surface area contributed by atoms with E-state index in [4.69, 9.17) is 0 Å². The van der Waals surface area contributed by atoms with Crippen molar-refractivity contribution in [3.05, 3.63) is 35.5 Å². The Labute approximate surface area is 93.2 Å². The van der Waals surface area contributed by atoms with Crippen LogP contribution in [0.3, 0.4) is 0 Å². The Morgan fingerprint density at radius 1 is 1.31 bits per heavy atom. The zero-order chi connectivity index (χ0) is 11.7. The highest BCUT2D eigenvalue weighted by Gasteiger charge is 2.12. The van der Waals surface area contributed by atoms with Gasteiger partial charge in [0.25, 0.3) is 0 Å². The Kier molecular flexibility index (Phi) is 2.52. The molecule has 0 N–H and O–H groups in total. The van der Waals surface area contributed by atoms with Gasteiger partial charge in [0.2, 0.25) is 0 Å². The first kappa shape index (κ1) is 10.5. The normalized spacial score (nSPS) is 10.4. The van der Waals surface area contributed by atoms with Gasteiger partial charge in [0.15, 0.2) is 11.6 Å². The van der Waals surface area contributed by atoms with Crippen LogP contribution in [0.4, 0.5) is 0 Å². The van der Waals surface area contributed by atoms with Gasteiger partial charge >= 0.3 is 0 Å². The van der Waals surface area contributed by atoms with E-state index in [9.17, 15) is 4.79 Å². The SMILES string of the molecule is CC(=O)c1cnn(-c2cc(C)ncn2)c1C. The lowest BCUT2D eigenvalue weighted by atomic mass is 10.2. The maximum absolute atomic E-state index is 11.3. The lowest BCUT2D eigenvalue weighted by Crippen LogP contribution is -2.04. The summed E-state index contributed by atoms with van der Waals surface area (Å²) in [5, 5.41) is 4.15. The van der Waals surface area contributed by atoms with Crippen molar-refractivity contribution in [2.75, 3.05) is 0 Å². The molecule has 5 heteroatoms. The van der Waals surface area contributed by atoms with E-state index in [1.165, 1.54) is 13.3 Å². The van der Waals surface area contributed by atoms with Crippen LogP contribution in [0.15, 0.2) is 18.6 Å². The van der Waals surface area contributed by atoms with E-state index < -0.39 is 0 Å². The molecule has 0 aliphatic rings. The maximum Gasteiger partial charge on any atom is 0.163 e. The molecule has 0 aromatic carbocycles. The predicted octanol–water partition coefficient (Wildman–Crippen LogP) is 1.48. The summed E-state index contributed by atoms with van der Waals surface area (Å²) in [6.45, 7) is 5.26. The van der Waals surface area contributed by atoms with Crippen molar-refractivity contribution in [3.63, 3.8) is 0 Å². The molecule has 0 amide bonds. The molecule has 0 bridgehead atoms. The first-order chi connectivity index (χ1) is 7.59. The van der Waals surface area contributed by atoms with Gasteiger partial charge in [-0.05, 0) is 20.8 Å². The summed E-state index contributed by atoms with van der Waals surface area (Å²) in [7, 11) is 0. The minimum atomic E-state index is 0.00882. The monoisotopic (exact) mass is 216 g/mol. The van der Waals surface area contributed by atoms with Crippen LogP contribution < -0.4 is 0 Å². The van der Waals surface area contributed by atoms with Crippen molar-refractivity contribution >= 4 is 5.78 Å². The van der Waals surface area contributed by atoms with Crippen LogP contribution >= 0.6 is 0 Å². The summed E-state index contributed by atoms with van der Waals surface area (Å²) >= 11 is 0. The van der Waals surface area contributed by atoms with E-state index >= 15 is 0 Å². The summed E-state index contributed by atoms with van der Waals surface area (Å²) in [5.74, 6) is 0.687. The van der Waals surface area contributed by atoms with Crippen molar-refractivity contribution in [1.82, 2.24) is 19.7 Å². The fourth-order valence-electron chi connectivity index (χ4n) is 1.54. The molecule has 2 aromatic heterocycles. The molecular weight excluding hydrogens is 204 g/mol. The first-order valence-corrected chi connectivity index (χ1v) is 4.94. The Morgan fingerprint density at radius 3 is 2.62 bits per heavy atom. The molecule has 2 aromatic rings. The Morgan fingerprint density at radius 2 is 2.06 bits per heavy atom. The van der Waals surface area contributed by atoms with Gasteiger partial charge in [-0.3, -0.25) is 4.79 Å². The molecule has 2 rings (SSSR count). The lowest BCUT2D eigenvalue weighted by molar-refractivity contribution is 0.101. The largest absolute Gasteiger partial charge is 0.294 e. The van der Waals surface area contributed by atoms with Gasteiger partial charge in [0.1, 0.15) is 6.33 Å². The molecule has 0 aliphatic carbocycles. The topological polar surface area (TPSA) is 60.7 Å². The molecule has 0 saturated carbocycles. The number of hydrogen-bond acceptors (Lipinski definition) is 4. The van der Waals surface area contributed by atoms with Gasteiger partial charge in [0.05, 0.1) is 17.5 Å². The summed E-state index contributed by atoms with van der Waals surface area (Å²) in [6, 6.07) is 1.82. The molecule has 82 valence electrons. The number of rotatable bonds is 2. The second-order valence-electron chi connectivity index (χ2n) is 3.63. The molecule has 0 unspecified atom stereocenters. The summed E-state index contributed by atoms with van der Waals surface area (Å²) in [5.41, 5.74) is 2.28. The molecular formula is C11H12N4O. The van der Waals surface area contributed by atoms with E-state index in [1.807, 2.05) is 19.9 Å². The summed E-state index contributed by atoms with van der Waals surface area (Å²) < 4.78 is 1.64. The van der Waals surface area contributed by atoms with Gasteiger partial charge in [0, 0.05) is 11.8 Å². The number of aryl methyl sites for hydroxylation is 1. The Bertz CT molecular complexity index is 545. The van der Waals surface area contributed by atoms with Crippen LogP contribution in [0.1, 0.15) is 28.7 Å². The average molecular weight is 216 g/mol. The number of carbonyl (C=O) groups is 1. The second kappa shape index (κ2) is 3.84.